The summed E-state index contributed by atoms with van der Waals surface area (Å²) in [7, 11) is -3.03. The van der Waals surface area contributed by atoms with Crippen molar-refractivity contribution in [3.05, 3.63) is 71.8 Å². The van der Waals surface area contributed by atoms with Crippen LogP contribution in [0.5, 0.6) is 0 Å². The molecular weight excluding hydrogens is 495 g/mol. The average molecular weight is 544 g/mol. The topological polar surface area (TPSA) is 48.0 Å². The van der Waals surface area contributed by atoms with E-state index in [0.29, 0.717) is 0 Å². The minimum atomic E-state index is -2.30. The fraction of sp³-hybridized carbons (Fsp3) is 0.567. The van der Waals surface area contributed by atoms with Gasteiger partial charge in [-0.15, -0.1) is 0 Å². The third-order valence-electron chi connectivity index (χ3n) is 8.25. The summed E-state index contributed by atoms with van der Waals surface area (Å²) in [5.74, 6) is -0.356. The van der Waals surface area contributed by atoms with Gasteiger partial charge in [0.1, 0.15) is 0 Å². The second kappa shape index (κ2) is 13.3. The molecule has 0 saturated carbocycles. The molecule has 3 atom stereocenters. The number of hydrogen-bond donors (Lipinski definition) is 0. The van der Waals surface area contributed by atoms with Crippen molar-refractivity contribution < 1.29 is 18.5 Å². The van der Waals surface area contributed by atoms with Crippen molar-refractivity contribution in [1.82, 2.24) is 5.06 Å². The van der Waals surface area contributed by atoms with Gasteiger partial charge in [-0.25, -0.2) is 4.79 Å². The Morgan fingerprint density at radius 3 is 1.73 bits per heavy atom. The monoisotopic (exact) mass is 543 g/mol. The average Bonchev–Trinajstić information content (AvgIpc) is 2.90. The van der Waals surface area contributed by atoms with Crippen LogP contribution in [0.15, 0.2) is 60.7 Å². The van der Waals surface area contributed by atoms with Crippen LogP contribution in [0.1, 0.15) is 71.7 Å². The van der Waals surface area contributed by atoms with Crippen molar-refractivity contribution >= 4 is 22.6 Å². The third-order valence-corrected chi connectivity index (χ3v) is 17.1. The SMILES string of the molecule is CC[Si](CC)(CC)O[C@H](C(=O)OC)[C@H](c1ccccc1)N(O[Si](C)(C)C(C)(C)C)[C@@H](C)c1ccccc1. The molecule has 0 aromatic heterocycles. The van der Waals surface area contributed by atoms with Gasteiger partial charge in [-0.2, -0.15) is 5.06 Å². The number of methoxy groups -OCH3 is 1. The number of carbonyl (C=O) groups is 1. The molecule has 0 amide bonds. The van der Waals surface area contributed by atoms with Crippen LogP contribution in [-0.2, 0) is 18.5 Å². The molecule has 2 aromatic rings. The molecule has 0 aliphatic carbocycles. The molecule has 0 fully saturated rings. The summed E-state index contributed by atoms with van der Waals surface area (Å²) in [5.41, 5.74) is 2.10. The maximum Gasteiger partial charge on any atom is 0.335 e. The van der Waals surface area contributed by atoms with E-state index in [1.807, 2.05) is 36.4 Å². The lowest BCUT2D eigenvalue weighted by atomic mass is 9.98. The van der Waals surface area contributed by atoms with E-state index >= 15 is 0 Å². The van der Waals surface area contributed by atoms with Crippen molar-refractivity contribution in [1.29, 1.82) is 0 Å². The molecule has 0 unspecified atom stereocenters. The first-order chi connectivity index (χ1) is 17.4. The van der Waals surface area contributed by atoms with Crippen LogP contribution in [0, 0.1) is 0 Å². The Morgan fingerprint density at radius 1 is 0.865 bits per heavy atom. The molecule has 0 aliphatic heterocycles. The van der Waals surface area contributed by atoms with E-state index < -0.39 is 28.8 Å². The zero-order valence-electron chi connectivity index (χ0n) is 24.7. The number of hydrogen-bond acceptors (Lipinski definition) is 5. The highest BCUT2D eigenvalue weighted by molar-refractivity contribution is 6.74. The zero-order chi connectivity index (χ0) is 27.9. The second-order valence-electron chi connectivity index (χ2n) is 11.5. The van der Waals surface area contributed by atoms with Crippen molar-refractivity contribution in [3.63, 3.8) is 0 Å². The molecule has 0 bridgehead atoms. The maximum absolute atomic E-state index is 13.6. The van der Waals surface area contributed by atoms with Crippen LogP contribution in [0.2, 0.25) is 36.3 Å². The molecule has 0 aliphatic rings. The van der Waals surface area contributed by atoms with Crippen LogP contribution in [0.3, 0.4) is 0 Å². The van der Waals surface area contributed by atoms with Crippen LogP contribution in [-0.4, -0.2) is 40.9 Å². The minimum absolute atomic E-state index is 0.0285. The van der Waals surface area contributed by atoms with Gasteiger partial charge in [-0.3, -0.25) is 0 Å². The van der Waals surface area contributed by atoms with E-state index in [2.05, 4.69) is 90.9 Å². The molecule has 0 spiro atoms. The zero-order valence-corrected chi connectivity index (χ0v) is 26.7. The van der Waals surface area contributed by atoms with Crippen LogP contribution in [0.4, 0.5) is 0 Å². The molecule has 0 heterocycles. The van der Waals surface area contributed by atoms with Crippen LogP contribution < -0.4 is 0 Å². The molecule has 2 aromatic carbocycles. The highest BCUT2D eigenvalue weighted by Crippen LogP contribution is 2.43. The number of benzene rings is 2. The summed E-state index contributed by atoms with van der Waals surface area (Å²) in [6, 6.07) is 22.7. The maximum atomic E-state index is 13.6. The first kappa shape index (κ1) is 31.4. The van der Waals surface area contributed by atoms with Gasteiger partial charge in [0.2, 0.25) is 8.32 Å². The van der Waals surface area contributed by atoms with Crippen LogP contribution in [0.25, 0.3) is 0 Å². The Balaban J connectivity index is 2.80. The van der Waals surface area contributed by atoms with E-state index in [0.717, 1.165) is 29.3 Å². The first-order valence-electron chi connectivity index (χ1n) is 13.7. The number of nitrogens with zero attached hydrogens (tertiary/aromatic N) is 1. The molecule has 37 heavy (non-hydrogen) atoms. The second-order valence-corrected chi connectivity index (χ2v) is 20.9. The van der Waals surface area contributed by atoms with Crippen molar-refractivity contribution in [2.45, 2.75) is 103 Å². The Morgan fingerprint density at radius 2 is 1.32 bits per heavy atom. The van der Waals surface area contributed by atoms with E-state index in [-0.39, 0.29) is 17.0 Å². The lowest BCUT2D eigenvalue weighted by Crippen LogP contribution is -2.54. The number of carbonyl (C=O) groups excluding carboxylic acids is 1. The predicted molar refractivity (Wildman–Crippen MR) is 158 cm³/mol. The van der Waals surface area contributed by atoms with E-state index in [4.69, 9.17) is 13.7 Å². The summed E-state index contributed by atoms with van der Waals surface area (Å²) in [4.78, 5) is 13.6. The molecule has 0 N–H and O–H groups in total. The first-order valence-corrected chi connectivity index (χ1v) is 19.1. The third kappa shape index (κ3) is 7.63. The Hall–Kier alpha value is -1.78. The summed E-state index contributed by atoms with van der Waals surface area (Å²) in [6.45, 7) is 19.9. The standard InChI is InChI=1S/C30H49NO4Si2/c1-11-37(12-2,13-3)34-28(29(32)33-8)27(26-22-18-15-19-23-26)31(35-36(9,10)30(5,6)7)24(4)25-20-16-14-17-21-25/h14-24,27-28H,11-13H2,1-10H3/t24-,27-,28-/m0/s1. The lowest BCUT2D eigenvalue weighted by Gasteiger charge is -2.47. The minimum Gasteiger partial charge on any atom is -0.467 e. The molecular formula is C30H49NO4Si2. The summed E-state index contributed by atoms with van der Waals surface area (Å²) in [6.07, 6.45) is -0.810. The van der Waals surface area contributed by atoms with E-state index in [1.54, 1.807) is 0 Å². The van der Waals surface area contributed by atoms with Gasteiger partial charge in [-0.05, 0) is 54.3 Å². The molecule has 206 valence electrons. The molecule has 0 saturated heterocycles. The van der Waals surface area contributed by atoms with Gasteiger partial charge in [0.25, 0.3) is 0 Å². The highest BCUT2D eigenvalue weighted by Gasteiger charge is 2.47. The van der Waals surface area contributed by atoms with Gasteiger partial charge < -0.3 is 13.7 Å². The van der Waals surface area contributed by atoms with E-state index in [9.17, 15) is 4.79 Å². The molecule has 5 nitrogen and oxygen atoms in total. The van der Waals surface area contributed by atoms with Gasteiger partial charge >= 0.3 is 5.97 Å². The Bertz CT molecular complexity index is 950. The van der Waals surface area contributed by atoms with Gasteiger partial charge in [-0.1, -0.05) is 102 Å². The number of esters is 1. The lowest BCUT2D eigenvalue weighted by molar-refractivity contribution is -0.184. The normalized spacial score (nSPS) is 15.3. The highest BCUT2D eigenvalue weighted by atomic mass is 28.4. The largest absolute Gasteiger partial charge is 0.467 e. The summed E-state index contributed by atoms with van der Waals surface area (Å²) >= 11 is 0. The Kier molecular flexibility index (Phi) is 11.3. The van der Waals surface area contributed by atoms with Crippen LogP contribution >= 0.6 is 0 Å². The summed E-state index contributed by atoms with van der Waals surface area (Å²) in [5, 5.41) is 2.03. The number of hydroxylamine groups is 2. The van der Waals surface area contributed by atoms with Crippen molar-refractivity contribution in [2.75, 3.05) is 7.11 Å². The molecule has 7 heteroatoms. The number of ether oxygens (including phenoxy) is 1. The smallest absolute Gasteiger partial charge is 0.335 e. The number of rotatable bonds is 13. The quantitative estimate of drug-likeness (QED) is 0.144. The van der Waals surface area contributed by atoms with Gasteiger partial charge in [0.15, 0.2) is 14.4 Å². The molecule has 0 radical (unpaired) electrons. The van der Waals surface area contributed by atoms with Crippen molar-refractivity contribution in [3.8, 4) is 0 Å². The van der Waals surface area contributed by atoms with Gasteiger partial charge in [0.05, 0.1) is 19.2 Å². The fourth-order valence-corrected chi connectivity index (χ4v) is 8.22. The van der Waals surface area contributed by atoms with Gasteiger partial charge in [0, 0.05) is 0 Å². The molecule has 2 rings (SSSR count). The Labute approximate surface area is 227 Å². The van der Waals surface area contributed by atoms with Crippen molar-refractivity contribution in [2.24, 2.45) is 0 Å². The predicted octanol–water partition coefficient (Wildman–Crippen LogP) is 8.29. The summed E-state index contributed by atoms with van der Waals surface area (Å²) < 4.78 is 19.5. The fourth-order valence-electron chi connectivity index (χ4n) is 4.39. The van der Waals surface area contributed by atoms with E-state index in [1.165, 1.54) is 7.11 Å².